The Morgan fingerprint density at radius 3 is 2.83 bits per heavy atom. The largest absolute Gasteiger partial charge is 0.494 e. The number of anilines is 1. The highest BCUT2D eigenvalue weighted by Gasteiger charge is 2.22. The number of rotatable bonds is 2. The van der Waals surface area contributed by atoms with Gasteiger partial charge in [0.1, 0.15) is 5.75 Å². The van der Waals surface area contributed by atoms with Crippen LogP contribution in [-0.4, -0.2) is 25.3 Å². The lowest BCUT2D eigenvalue weighted by Gasteiger charge is -2.22. The van der Waals surface area contributed by atoms with Gasteiger partial charge in [-0.05, 0) is 24.8 Å². The normalized spacial score (nSPS) is 17.2. The number of ether oxygens (including phenoxy) is 2. The highest BCUT2D eigenvalue weighted by Crippen LogP contribution is 2.36. The molecule has 2 N–H and O–H groups in total. The van der Waals surface area contributed by atoms with Crippen LogP contribution < -0.4 is 10.5 Å². The number of hydrogen-bond donors (Lipinski definition) is 1. The molecule has 2 aromatic rings. The molecule has 18 heavy (non-hydrogen) atoms. The number of oxazole rings is 1. The first kappa shape index (κ1) is 11.3. The Labute approximate surface area is 105 Å². The van der Waals surface area contributed by atoms with Crippen LogP contribution in [0.4, 0.5) is 6.01 Å². The summed E-state index contributed by atoms with van der Waals surface area (Å²) in [5.74, 6) is 1.14. The fourth-order valence-corrected chi connectivity index (χ4v) is 2.51. The van der Waals surface area contributed by atoms with E-state index in [1.165, 1.54) is 0 Å². The SMILES string of the molecule is COc1ccc(C2CCOCC2)c2oc(N)nc12. The van der Waals surface area contributed by atoms with Crippen molar-refractivity contribution < 1.29 is 13.9 Å². The van der Waals surface area contributed by atoms with Crippen molar-refractivity contribution in [3.05, 3.63) is 17.7 Å². The smallest absolute Gasteiger partial charge is 0.293 e. The van der Waals surface area contributed by atoms with Gasteiger partial charge in [0.25, 0.3) is 6.01 Å². The van der Waals surface area contributed by atoms with E-state index in [-0.39, 0.29) is 6.01 Å². The van der Waals surface area contributed by atoms with Crippen LogP contribution >= 0.6 is 0 Å². The van der Waals surface area contributed by atoms with Gasteiger partial charge < -0.3 is 19.6 Å². The Bertz CT molecular complexity index is 559. The summed E-state index contributed by atoms with van der Waals surface area (Å²) in [6.07, 6.45) is 2.00. The molecule has 0 spiro atoms. The summed E-state index contributed by atoms with van der Waals surface area (Å²) in [7, 11) is 1.62. The zero-order valence-electron chi connectivity index (χ0n) is 10.3. The fourth-order valence-electron chi connectivity index (χ4n) is 2.51. The molecule has 5 heteroatoms. The Hall–Kier alpha value is -1.75. The fraction of sp³-hybridized carbons (Fsp3) is 0.462. The summed E-state index contributed by atoms with van der Waals surface area (Å²) in [6, 6.07) is 4.15. The standard InChI is InChI=1S/C13H16N2O3/c1-16-10-3-2-9(8-4-6-17-7-5-8)12-11(10)15-13(14)18-12/h2-3,8H,4-7H2,1H3,(H2,14,15). The molecule has 96 valence electrons. The first-order valence-corrected chi connectivity index (χ1v) is 6.10. The molecular weight excluding hydrogens is 232 g/mol. The van der Waals surface area contributed by atoms with E-state index in [9.17, 15) is 0 Å². The lowest BCUT2D eigenvalue weighted by atomic mass is 9.91. The van der Waals surface area contributed by atoms with Gasteiger partial charge in [0, 0.05) is 18.8 Å². The minimum Gasteiger partial charge on any atom is -0.494 e. The maximum Gasteiger partial charge on any atom is 0.293 e. The minimum absolute atomic E-state index is 0.183. The van der Waals surface area contributed by atoms with Gasteiger partial charge in [-0.25, -0.2) is 0 Å². The Morgan fingerprint density at radius 1 is 1.33 bits per heavy atom. The third-order valence-electron chi connectivity index (χ3n) is 3.43. The second-order valence-electron chi connectivity index (χ2n) is 4.47. The number of nitrogens with two attached hydrogens (primary N) is 1. The molecule has 1 aromatic heterocycles. The number of fused-ring (bicyclic) bond motifs is 1. The monoisotopic (exact) mass is 248 g/mol. The molecule has 1 aliphatic heterocycles. The topological polar surface area (TPSA) is 70.5 Å². The number of hydrogen-bond acceptors (Lipinski definition) is 5. The second kappa shape index (κ2) is 4.49. The van der Waals surface area contributed by atoms with Crippen molar-refractivity contribution in [2.45, 2.75) is 18.8 Å². The molecule has 1 aliphatic rings. The molecule has 0 saturated carbocycles. The summed E-state index contributed by atoms with van der Waals surface area (Å²) in [6.45, 7) is 1.59. The van der Waals surface area contributed by atoms with Gasteiger partial charge in [0.2, 0.25) is 0 Å². The molecular formula is C13H16N2O3. The molecule has 0 aliphatic carbocycles. The molecule has 0 radical (unpaired) electrons. The third-order valence-corrected chi connectivity index (χ3v) is 3.43. The number of nitrogen functional groups attached to an aromatic ring is 1. The quantitative estimate of drug-likeness (QED) is 0.883. The maximum atomic E-state index is 5.65. The summed E-state index contributed by atoms with van der Waals surface area (Å²) >= 11 is 0. The van der Waals surface area contributed by atoms with Crippen molar-refractivity contribution in [1.82, 2.24) is 4.98 Å². The first-order chi connectivity index (χ1) is 8.79. The average molecular weight is 248 g/mol. The van der Waals surface area contributed by atoms with Gasteiger partial charge in [0.15, 0.2) is 11.1 Å². The molecule has 2 heterocycles. The summed E-state index contributed by atoms with van der Waals surface area (Å²) in [4.78, 5) is 4.19. The van der Waals surface area contributed by atoms with Gasteiger partial charge in [-0.3, -0.25) is 0 Å². The van der Waals surface area contributed by atoms with Crippen LogP contribution in [-0.2, 0) is 4.74 Å². The van der Waals surface area contributed by atoms with Gasteiger partial charge in [-0.1, -0.05) is 6.07 Å². The molecule has 0 unspecified atom stereocenters. The van der Waals surface area contributed by atoms with E-state index in [0.717, 1.165) is 37.2 Å². The zero-order valence-corrected chi connectivity index (χ0v) is 10.3. The van der Waals surface area contributed by atoms with Crippen LogP contribution in [0.3, 0.4) is 0 Å². The second-order valence-corrected chi connectivity index (χ2v) is 4.47. The van der Waals surface area contributed by atoms with Crippen LogP contribution in [0.5, 0.6) is 5.75 Å². The number of nitrogens with zero attached hydrogens (tertiary/aromatic N) is 1. The van der Waals surface area contributed by atoms with Gasteiger partial charge >= 0.3 is 0 Å². The summed E-state index contributed by atoms with van der Waals surface area (Å²) in [5.41, 5.74) is 8.26. The van der Waals surface area contributed by atoms with Crippen molar-refractivity contribution in [2.24, 2.45) is 0 Å². The van der Waals surface area contributed by atoms with Crippen molar-refractivity contribution in [2.75, 3.05) is 26.1 Å². The van der Waals surface area contributed by atoms with E-state index >= 15 is 0 Å². The summed E-state index contributed by atoms with van der Waals surface area (Å²) in [5, 5.41) is 0. The zero-order chi connectivity index (χ0) is 12.5. The lowest BCUT2D eigenvalue weighted by Crippen LogP contribution is -2.14. The van der Waals surface area contributed by atoms with Crippen LogP contribution in [0.1, 0.15) is 24.3 Å². The first-order valence-electron chi connectivity index (χ1n) is 6.10. The molecule has 5 nitrogen and oxygen atoms in total. The van der Waals surface area contributed by atoms with E-state index in [2.05, 4.69) is 4.98 Å². The molecule has 0 amide bonds. The predicted octanol–water partition coefficient (Wildman–Crippen LogP) is 2.31. The third kappa shape index (κ3) is 1.80. The maximum absolute atomic E-state index is 5.65. The van der Waals surface area contributed by atoms with Crippen molar-refractivity contribution in [1.29, 1.82) is 0 Å². The molecule has 0 atom stereocenters. The number of aromatic nitrogens is 1. The molecule has 3 rings (SSSR count). The lowest BCUT2D eigenvalue weighted by molar-refractivity contribution is 0.0854. The van der Waals surface area contributed by atoms with Crippen LogP contribution in [0, 0.1) is 0 Å². The van der Waals surface area contributed by atoms with Crippen molar-refractivity contribution in [3.63, 3.8) is 0 Å². The van der Waals surface area contributed by atoms with Crippen LogP contribution in [0.15, 0.2) is 16.5 Å². The van der Waals surface area contributed by atoms with E-state index < -0.39 is 0 Å². The molecule has 0 bridgehead atoms. The number of benzene rings is 1. The van der Waals surface area contributed by atoms with Gasteiger partial charge in [0.05, 0.1) is 7.11 Å². The van der Waals surface area contributed by atoms with Crippen molar-refractivity contribution in [3.8, 4) is 5.75 Å². The Morgan fingerprint density at radius 2 is 2.11 bits per heavy atom. The van der Waals surface area contributed by atoms with Crippen LogP contribution in [0.2, 0.25) is 0 Å². The highest BCUT2D eigenvalue weighted by molar-refractivity contribution is 5.84. The van der Waals surface area contributed by atoms with E-state index in [0.29, 0.717) is 17.2 Å². The Kier molecular flexibility index (Phi) is 2.83. The molecule has 1 fully saturated rings. The van der Waals surface area contributed by atoms with E-state index in [1.807, 2.05) is 12.1 Å². The van der Waals surface area contributed by atoms with Gasteiger partial charge in [-0.2, -0.15) is 4.98 Å². The minimum atomic E-state index is 0.183. The molecule has 1 saturated heterocycles. The van der Waals surface area contributed by atoms with Gasteiger partial charge in [-0.15, -0.1) is 0 Å². The summed E-state index contributed by atoms with van der Waals surface area (Å²) < 4.78 is 16.2. The van der Waals surface area contributed by atoms with E-state index in [4.69, 9.17) is 19.6 Å². The van der Waals surface area contributed by atoms with E-state index in [1.54, 1.807) is 7.11 Å². The predicted molar refractivity (Wildman–Crippen MR) is 67.8 cm³/mol. The Balaban J connectivity index is 2.11. The van der Waals surface area contributed by atoms with Crippen LogP contribution in [0.25, 0.3) is 11.1 Å². The number of methoxy groups -OCH3 is 1. The van der Waals surface area contributed by atoms with Crippen molar-refractivity contribution >= 4 is 17.1 Å². The molecule has 1 aromatic carbocycles. The average Bonchev–Trinajstić information content (AvgIpc) is 2.80. The highest BCUT2D eigenvalue weighted by atomic mass is 16.5.